The number of amides is 1. The van der Waals surface area contributed by atoms with E-state index in [9.17, 15) is 14.7 Å². The van der Waals surface area contributed by atoms with Crippen molar-refractivity contribution >= 4 is 11.9 Å². The van der Waals surface area contributed by atoms with Gasteiger partial charge in [0, 0.05) is 18.7 Å². The fourth-order valence-corrected chi connectivity index (χ4v) is 3.41. The Morgan fingerprint density at radius 3 is 2.73 bits per heavy atom. The van der Waals surface area contributed by atoms with Crippen LogP contribution in [0.5, 0.6) is 17.2 Å². The number of esters is 1. The second-order valence-corrected chi connectivity index (χ2v) is 7.20. The van der Waals surface area contributed by atoms with Gasteiger partial charge in [-0.3, -0.25) is 4.79 Å². The molecule has 2 N–H and O–H groups in total. The number of carbonyl (C=O) groups excluding carboxylic acids is 2. The third kappa shape index (κ3) is 5.40. The van der Waals surface area contributed by atoms with Crippen molar-refractivity contribution in [1.29, 1.82) is 0 Å². The standard InChI is InChI=1S/C22H26N2O6/c1-14-13-16(30-15-7-4-3-5-8-15)9-6-10-17(22(27)29-14)24-21(26)19-20(25)18(28-2)11-12-23-19/h3-5,7-8,11-12,14,16-17,25H,6,9-10,13H2,1-2H3,(H,24,26)/t14-,16-,17-/m0/s1. The van der Waals surface area contributed by atoms with E-state index in [1.807, 2.05) is 30.3 Å². The average Bonchev–Trinajstić information content (AvgIpc) is 2.78. The second kappa shape index (κ2) is 9.96. The van der Waals surface area contributed by atoms with Crippen molar-refractivity contribution in [3.05, 3.63) is 48.3 Å². The summed E-state index contributed by atoms with van der Waals surface area (Å²) in [5, 5.41) is 12.8. The van der Waals surface area contributed by atoms with E-state index < -0.39 is 17.9 Å². The van der Waals surface area contributed by atoms with Gasteiger partial charge < -0.3 is 24.6 Å². The van der Waals surface area contributed by atoms with Gasteiger partial charge in [-0.15, -0.1) is 0 Å². The Hall–Kier alpha value is -3.29. The van der Waals surface area contributed by atoms with Crippen LogP contribution in [0.3, 0.4) is 0 Å². The number of hydrogen-bond acceptors (Lipinski definition) is 7. The average molecular weight is 414 g/mol. The molecule has 1 aliphatic heterocycles. The Morgan fingerprint density at radius 1 is 1.23 bits per heavy atom. The summed E-state index contributed by atoms with van der Waals surface area (Å²) in [6, 6.07) is 10.1. The number of cyclic esters (lactones) is 1. The number of nitrogens with one attached hydrogen (secondary N) is 1. The minimum atomic E-state index is -0.845. The first-order valence-corrected chi connectivity index (χ1v) is 9.93. The molecule has 160 valence electrons. The molecular weight excluding hydrogens is 388 g/mol. The molecule has 8 nitrogen and oxygen atoms in total. The molecular formula is C22H26N2O6. The molecule has 0 aliphatic carbocycles. The monoisotopic (exact) mass is 414 g/mol. The number of pyridine rings is 1. The van der Waals surface area contributed by atoms with Gasteiger partial charge in [-0.2, -0.15) is 0 Å². The summed E-state index contributed by atoms with van der Waals surface area (Å²) >= 11 is 0. The number of nitrogens with zero attached hydrogens (tertiary/aromatic N) is 1. The molecule has 8 heteroatoms. The summed E-state index contributed by atoms with van der Waals surface area (Å²) in [5.74, 6) is -0.666. The van der Waals surface area contributed by atoms with Crippen LogP contribution in [0.15, 0.2) is 42.6 Å². The Labute approximate surface area is 175 Å². The number of carbonyl (C=O) groups is 2. The molecule has 1 aliphatic rings. The predicted molar refractivity (Wildman–Crippen MR) is 109 cm³/mol. The molecule has 3 rings (SSSR count). The van der Waals surface area contributed by atoms with E-state index >= 15 is 0 Å². The molecule has 0 saturated carbocycles. The SMILES string of the molecule is COc1ccnc(C(=O)N[C@H]2CCC[C@H](Oc3ccccc3)C[C@H](C)OC2=O)c1O. The number of ether oxygens (including phenoxy) is 3. The smallest absolute Gasteiger partial charge is 0.328 e. The molecule has 0 bridgehead atoms. The first kappa shape index (κ1) is 21.4. The molecule has 1 amide bonds. The van der Waals surface area contributed by atoms with E-state index in [0.29, 0.717) is 25.7 Å². The van der Waals surface area contributed by atoms with Crippen molar-refractivity contribution in [3.8, 4) is 17.2 Å². The zero-order valence-electron chi connectivity index (χ0n) is 17.0. The third-order valence-electron chi connectivity index (χ3n) is 4.89. The molecule has 1 aromatic carbocycles. The number of methoxy groups -OCH3 is 1. The van der Waals surface area contributed by atoms with Gasteiger partial charge in [0.25, 0.3) is 5.91 Å². The van der Waals surface area contributed by atoms with E-state index in [0.717, 1.165) is 5.75 Å². The van der Waals surface area contributed by atoms with Crippen LogP contribution in [-0.2, 0) is 9.53 Å². The number of rotatable bonds is 5. The minimum Gasteiger partial charge on any atom is -0.503 e. The van der Waals surface area contributed by atoms with Crippen molar-refractivity contribution in [2.24, 2.45) is 0 Å². The van der Waals surface area contributed by atoms with Crippen LogP contribution in [0.4, 0.5) is 0 Å². The van der Waals surface area contributed by atoms with Gasteiger partial charge in [0.2, 0.25) is 0 Å². The lowest BCUT2D eigenvalue weighted by Gasteiger charge is -2.21. The molecule has 2 heterocycles. The molecule has 1 saturated heterocycles. The summed E-state index contributed by atoms with van der Waals surface area (Å²) in [4.78, 5) is 29.1. The Bertz CT molecular complexity index is 873. The van der Waals surface area contributed by atoms with Gasteiger partial charge in [-0.1, -0.05) is 18.2 Å². The zero-order chi connectivity index (χ0) is 21.5. The van der Waals surface area contributed by atoms with Crippen LogP contribution < -0.4 is 14.8 Å². The van der Waals surface area contributed by atoms with Crippen LogP contribution in [0, 0.1) is 0 Å². The lowest BCUT2D eigenvalue weighted by atomic mass is 10.0. The number of hydrogen-bond donors (Lipinski definition) is 2. The van der Waals surface area contributed by atoms with Crippen molar-refractivity contribution in [3.63, 3.8) is 0 Å². The quantitative estimate of drug-likeness (QED) is 0.725. The molecule has 3 atom stereocenters. The lowest BCUT2D eigenvalue weighted by Crippen LogP contribution is -2.42. The molecule has 30 heavy (non-hydrogen) atoms. The summed E-state index contributed by atoms with van der Waals surface area (Å²) in [6.45, 7) is 1.80. The van der Waals surface area contributed by atoms with Gasteiger partial charge in [-0.25, -0.2) is 9.78 Å². The highest BCUT2D eigenvalue weighted by Gasteiger charge is 2.29. The zero-order valence-corrected chi connectivity index (χ0v) is 17.0. The van der Waals surface area contributed by atoms with Gasteiger partial charge in [0.15, 0.2) is 17.2 Å². The maximum absolute atomic E-state index is 12.6. The van der Waals surface area contributed by atoms with Crippen LogP contribution >= 0.6 is 0 Å². The highest BCUT2D eigenvalue weighted by Crippen LogP contribution is 2.28. The van der Waals surface area contributed by atoms with Crippen LogP contribution in [-0.4, -0.2) is 47.3 Å². The van der Waals surface area contributed by atoms with E-state index in [2.05, 4.69) is 10.3 Å². The van der Waals surface area contributed by atoms with E-state index in [-0.39, 0.29) is 29.4 Å². The maximum atomic E-state index is 12.6. The molecule has 1 fully saturated rings. The molecule has 0 radical (unpaired) electrons. The van der Waals surface area contributed by atoms with Crippen molar-refractivity contribution in [1.82, 2.24) is 10.3 Å². The van der Waals surface area contributed by atoms with Crippen molar-refractivity contribution in [2.75, 3.05) is 7.11 Å². The molecule has 0 unspecified atom stereocenters. The summed E-state index contributed by atoms with van der Waals surface area (Å²) < 4.78 is 16.6. The van der Waals surface area contributed by atoms with Crippen LogP contribution in [0.25, 0.3) is 0 Å². The number of para-hydroxylation sites is 1. The lowest BCUT2D eigenvalue weighted by molar-refractivity contribution is -0.151. The number of aromatic hydroxyl groups is 1. The van der Waals surface area contributed by atoms with Crippen LogP contribution in [0.2, 0.25) is 0 Å². The van der Waals surface area contributed by atoms with Crippen molar-refractivity contribution in [2.45, 2.75) is 50.9 Å². The Morgan fingerprint density at radius 2 is 2.00 bits per heavy atom. The van der Waals surface area contributed by atoms with Gasteiger partial charge >= 0.3 is 5.97 Å². The normalized spacial score (nSPS) is 22.1. The maximum Gasteiger partial charge on any atom is 0.328 e. The predicted octanol–water partition coefficient (Wildman–Crippen LogP) is 2.85. The Balaban J connectivity index is 1.67. The van der Waals surface area contributed by atoms with E-state index in [1.54, 1.807) is 6.92 Å². The molecule has 1 aromatic heterocycles. The summed E-state index contributed by atoms with van der Waals surface area (Å²) in [6.07, 6.45) is 3.19. The first-order chi connectivity index (χ1) is 14.5. The largest absolute Gasteiger partial charge is 0.503 e. The van der Waals surface area contributed by atoms with E-state index in [4.69, 9.17) is 14.2 Å². The van der Waals surface area contributed by atoms with Gasteiger partial charge in [-0.05, 0) is 38.3 Å². The summed E-state index contributed by atoms with van der Waals surface area (Å²) in [7, 11) is 1.38. The molecule has 0 spiro atoms. The number of aromatic nitrogens is 1. The third-order valence-corrected chi connectivity index (χ3v) is 4.89. The first-order valence-electron chi connectivity index (χ1n) is 9.93. The Kier molecular flexibility index (Phi) is 7.11. The summed E-state index contributed by atoms with van der Waals surface area (Å²) in [5.41, 5.74) is -0.208. The van der Waals surface area contributed by atoms with Gasteiger partial charge in [0.1, 0.15) is 24.0 Å². The highest BCUT2D eigenvalue weighted by atomic mass is 16.5. The minimum absolute atomic E-state index is 0.103. The fourth-order valence-electron chi connectivity index (χ4n) is 3.41. The van der Waals surface area contributed by atoms with E-state index in [1.165, 1.54) is 19.4 Å². The second-order valence-electron chi connectivity index (χ2n) is 7.20. The fraction of sp³-hybridized carbons (Fsp3) is 0.409. The van der Waals surface area contributed by atoms with Crippen LogP contribution in [0.1, 0.15) is 43.1 Å². The topological polar surface area (TPSA) is 107 Å². The highest BCUT2D eigenvalue weighted by molar-refractivity contribution is 5.97. The van der Waals surface area contributed by atoms with Crippen molar-refractivity contribution < 1.29 is 28.9 Å². The van der Waals surface area contributed by atoms with Gasteiger partial charge in [0.05, 0.1) is 7.11 Å². The molecule has 2 aromatic rings. The number of benzene rings is 1.